The van der Waals surface area contributed by atoms with Gasteiger partial charge in [-0.2, -0.15) is 13.2 Å². The summed E-state index contributed by atoms with van der Waals surface area (Å²) in [4.78, 5) is 10.9. The molecule has 0 unspecified atom stereocenters. The molecule has 1 rings (SSSR count). The SMILES string of the molecule is CC(=O)N[C@H](CC(F)(F)F)c1ccc(Br)cc1. The van der Waals surface area contributed by atoms with Crippen molar-refractivity contribution >= 4 is 21.8 Å². The van der Waals surface area contributed by atoms with Crippen molar-refractivity contribution in [3.05, 3.63) is 34.3 Å². The normalized spacial score (nSPS) is 13.2. The summed E-state index contributed by atoms with van der Waals surface area (Å²) >= 11 is 3.20. The van der Waals surface area contributed by atoms with Gasteiger partial charge in [0.2, 0.25) is 5.91 Å². The highest BCUT2D eigenvalue weighted by molar-refractivity contribution is 9.10. The molecule has 1 N–H and O–H groups in total. The van der Waals surface area contributed by atoms with Gasteiger partial charge in [-0.05, 0) is 17.7 Å². The van der Waals surface area contributed by atoms with Crippen molar-refractivity contribution in [2.75, 3.05) is 0 Å². The minimum atomic E-state index is -4.32. The van der Waals surface area contributed by atoms with Crippen LogP contribution in [-0.4, -0.2) is 12.1 Å². The van der Waals surface area contributed by atoms with Gasteiger partial charge in [0.25, 0.3) is 0 Å². The summed E-state index contributed by atoms with van der Waals surface area (Å²) in [5, 5.41) is 2.30. The van der Waals surface area contributed by atoms with E-state index in [1.54, 1.807) is 24.3 Å². The second-order valence-corrected chi connectivity index (χ2v) is 4.54. The lowest BCUT2D eigenvalue weighted by Crippen LogP contribution is -2.30. The largest absolute Gasteiger partial charge is 0.391 e. The number of alkyl halides is 3. The first-order valence-corrected chi connectivity index (χ1v) is 5.66. The van der Waals surface area contributed by atoms with Gasteiger partial charge in [0, 0.05) is 11.4 Å². The van der Waals surface area contributed by atoms with Crippen molar-refractivity contribution in [1.29, 1.82) is 0 Å². The van der Waals surface area contributed by atoms with Crippen molar-refractivity contribution in [3.63, 3.8) is 0 Å². The predicted octanol–water partition coefficient (Wildman–Crippen LogP) is 3.58. The topological polar surface area (TPSA) is 29.1 Å². The van der Waals surface area contributed by atoms with Crippen molar-refractivity contribution < 1.29 is 18.0 Å². The monoisotopic (exact) mass is 309 g/mol. The first kappa shape index (κ1) is 14.0. The maximum atomic E-state index is 12.4. The van der Waals surface area contributed by atoms with Crippen LogP contribution in [0.5, 0.6) is 0 Å². The van der Waals surface area contributed by atoms with Crippen molar-refractivity contribution in [2.24, 2.45) is 0 Å². The number of carbonyl (C=O) groups excluding carboxylic acids is 1. The quantitative estimate of drug-likeness (QED) is 0.908. The fourth-order valence-electron chi connectivity index (χ4n) is 1.42. The molecule has 94 valence electrons. The smallest absolute Gasteiger partial charge is 0.349 e. The van der Waals surface area contributed by atoms with Crippen LogP contribution < -0.4 is 5.32 Å². The van der Waals surface area contributed by atoms with Crippen molar-refractivity contribution in [2.45, 2.75) is 25.6 Å². The first-order chi connectivity index (χ1) is 7.78. The van der Waals surface area contributed by atoms with E-state index >= 15 is 0 Å². The third kappa shape index (κ3) is 5.21. The minimum Gasteiger partial charge on any atom is -0.349 e. The molecule has 0 saturated heterocycles. The van der Waals surface area contributed by atoms with Gasteiger partial charge in [-0.15, -0.1) is 0 Å². The molecular formula is C11H11BrF3NO. The van der Waals surface area contributed by atoms with Crippen LogP contribution in [0.15, 0.2) is 28.7 Å². The summed E-state index contributed by atoms with van der Waals surface area (Å²) in [6.07, 6.45) is -5.39. The summed E-state index contributed by atoms with van der Waals surface area (Å²) in [6.45, 7) is 1.20. The molecule has 0 fully saturated rings. The van der Waals surface area contributed by atoms with Crippen LogP contribution in [0.25, 0.3) is 0 Å². The van der Waals surface area contributed by atoms with Gasteiger partial charge < -0.3 is 5.32 Å². The second-order valence-electron chi connectivity index (χ2n) is 3.62. The van der Waals surface area contributed by atoms with Gasteiger partial charge in [-0.1, -0.05) is 28.1 Å². The number of hydrogen-bond acceptors (Lipinski definition) is 1. The van der Waals surface area contributed by atoms with E-state index in [4.69, 9.17) is 0 Å². The molecule has 0 radical (unpaired) electrons. The molecule has 1 aromatic rings. The Morgan fingerprint density at radius 2 is 1.88 bits per heavy atom. The Morgan fingerprint density at radius 1 is 1.35 bits per heavy atom. The molecule has 0 bridgehead atoms. The zero-order valence-corrected chi connectivity index (χ0v) is 10.6. The van der Waals surface area contributed by atoms with Gasteiger partial charge in [-0.3, -0.25) is 4.79 Å². The Bertz CT molecular complexity index is 389. The number of benzene rings is 1. The van der Waals surface area contributed by atoms with E-state index in [9.17, 15) is 18.0 Å². The van der Waals surface area contributed by atoms with Crippen LogP contribution in [0.4, 0.5) is 13.2 Å². The lowest BCUT2D eigenvalue weighted by Gasteiger charge is -2.20. The van der Waals surface area contributed by atoms with E-state index in [0.29, 0.717) is 5.56 Å². The maximum absolute atomic E-state index is 12.4. The van der Waals surface area contributed by atoms with E-state index in [-0.39, 0.29) is 0 Å². The van der Waals surface area contributed by atoms with Crippen LogP contribution in [0.1, 0.15) is 24.9 Å². The predicted molar refractivity (Wildman–Crippen MR) is 61.4 cm³/mol. The number of halogens is 4. The number of nitrogens with one attached hydrogen (secondary N) is 1. The third-order valence-corrected chi connectivity index (χ3v) is 2.61. The van der Waals surface area contributed by atoms with Crippen molar-refractivity contribution in [1.82, 2.24) is 5.32 Å². The lowest BCUT2D eigenvalue weighted by atomic mass is 10.0. The number of amides is 1. The fourth-order valence-corrected chi connectivity index (χ4v) is 1.69. The average Bonchev–Trinajstić information content (AvgIpc) is 2.14. The van der Waals surface area contributed by atoms with Crippen LogP contribution in [-0.2, 0) is 4.79 Å². The standard InChI is InChI=1S/C11H11BrF3NO/c1-7(17)16-10(6-11(13,14)15)8-2-4-9(12)5-3-8/h2-5,10H,6H2,1H3,(H,16,17)/t10-/m1/s1. The van der Waals surface area contributed by atoms with E-state index in [0.717, 1.165) is 4.47 Å². The molecule has 0 saturated carbocycles. The molecule has 2 nitrogen and oxygen atoms in total. The molecular weight excluding hydrogens is 299 g/mol. The first-order valence-electron chi connectivity index (χ1n) is 4.87. The van der Waals surface area contributed by atoms with Gasteiger partial charge in [-0.25, -0.2) is 0 Å². The number of carbonyl (C=O) groups is 1. The molecule has 0 heterocycles. The van der Waals surface area contributed by atoms with Gasteiger partial charge in [0.15, 0.2) is 0 Å². The summed E-state index contributed by atoms with van der Waals surface area (Å²) in [6, 6.07) is 5.34. The maximum Gasteiger partial charge on any atom is 0.391 e. The fraction of sp³-hybridized carbons (Fsp3) is 0.364. The van der Waals surface area contributed by atoms with E-state index in [1.165, 1.54) is 6.92 Å². The Labute approximate surface area is 105 Å². The molecule has 0 aliphatic rings. The molecule has 0 aliphatic heterocycles. The van der Waals surface area contributed by atoms with Crippen LogP contribution in [0.2, 0.25) is 0 Å². The van der Waals surface area contributed by atoms with Crippen LogP contribution >= 0.6 is 15.9 Å². The van der Waals surface area contributed by atoms with Crippen LogP contribution in [0.3, 0.4) is 0 Å². The highest BCUT2D eigenvalue weighted by Gasteiger charge is 2.33. The minimum absolute atomic E-state index is 0.431. The molecule has 1 aromatic carbocycles. The number of rotatable bonds is 3. The van der Waals surface area contributed by atoms with Crippen molar-refractivity contribution in [3.8, 4) is 0 Å². The van der Waals surface area contributed by atoms with Crippen LogP contribution in [0, 0.1) is 0 Å². The Balaban J connectivity index is 2.89. The van der Waals surface area contributed by atoms with E-state index in [1.807, 2.05) is 0 Å². The second kappa shape index (κ2) is 5.53. The number of hydrogen-bond donors (Lipinski definition) is 1. The molecule has 0 aliphatic carbocycles. The highest BCUT2D eigenvalue weighted by Crippen LogP contribution is 2.30. The Morgan fingerprint density at radius 3 is 2.29 bits per heavy atom. The third-order valence-electron chi connectivity index (χ3n) is 2.09. The molecule has 6 heteroatoms. The summed E-state index contributed by atoms with van der Waals surface area (Å²) in [5.74, 6) is -0.484. The van der Waals surface area contributed by atoms with E-state index in [2.05, 4.69) is 21.2 Å². The summed E-state index contributed by atoms with van der Waals surface area (Å²) in [7, 11) is 0. The highest BCUT2D eigenvalue weighted by atomic mass is 79.9. The zero-order valence-electron chi connectivity index (χ0n) is 9.01. The molecule has 17 heavy (non-hydrogen) atoms. The zero-order chi connectivity index (χ0) is 13.1. The van der Waals surface area contributed by atoms with Gasteiger partial charge in [0.1, 0.15) is 0 Å². The molecule has 1 atom stereocenters. The van der Waals surface area contributed by atoms with Gasteiger partial charge >= 0.3 is 6.18 Å². The summed E-state index contributed by atoms with van der Waals surface area (Å²) in [5.41, 5.74) is 0.431. The summed E-state index contributed by atoms with van der Waals surface area (Å²) < 4.78 is 37.9. The molecule has 0 spiro atoms. The Kier molecular flexibility index (Phi) is 4.56. The molecule has 1 amide bonds. The van der Waals surface area contributed by atoms with Gasteiger partial charge in [0.05, 0.1) is 12.5 Å². The Hall–Kier alpha value is -1.04. The lowest BCUT2D eigenvalue weighted by molar-refractivity contribution is -0.142. The molecule has 0 aromatic heterocycles. The average molecular weight is 310 g/mol. The van der Waals surface area contributed by atoms with E-state index < -0.39 is 24.5 Å².